The molecule has 0 aliphatic heterocycles. The van der Waals surface area contributed by atoms with Gasteiger partial charge in [-0.05, 0) is 96.7 Å². The molecule has 0 aliphatic carbocycles. The number of thiophene rings is 2. The Kier molecular flexibility index (Phi) is 6.09. The van der Waals surface area contributed by atoms with E-state index in [9.17, 15) is 0 Å². The molecule has 0 nitrogen and oxygen atoms in total. The van der Waals surface area contributed by atoms with E-state index in [1.807, 2.05) is 22.7 Å². The lowest BCUT2D eigenvalue weighted by molar-refractivity contribution is 1.61. The number of benzene rings is 9. The molecule has 0 unspecified atom stereocenters. The molecule has 2 heterocycles. The minimum atomic E-state index is 1.23. The van der Waals surface area contributed by atoms with Crippen LogP contribution in [0.1, 0.15) is 0 Å². The van der Waals surface area contributed by atoms with Crippen molar-refractivity contribution in [3.63, 3.8) is 0 Å². The first kappa shape index (κ1) is 28.1. The first-order valence-electron chi connectivity index (χ1n) is 17.1. The molecular formula is C48H28S2. The van der Waals surface area contributed by atoms with Gasteiger partial charge in [0.05, 0.1) is 0 Å². The third-order valence-corrected chi connectivity index (χ3v) is 12.8. The van der Waals surface area contributed by atoms with Crippen LogP contribution in [0.15, 0.2) is 170 Å². The molecular weight excluding hydrogens is 641 g/mol. The maximum Gasteiger partial charge on any atom is 0.0434 e. The van der Waals surface area contributed by atoms with Crippen LogP contribution in [0.3, 0.4) is 0 Å². The summed E-state index contributed by atoms with van der Waals surface area (Å²) in [6.07, 6.45) is 0. The Balaban J connectivity index is 1.30. The number of rotatable bonds is 3. The highest BCUT2D eigenvalue weighted by atomic mass is 32.1. The first-order valence-corrected chi connectivity index (χ1v) is 18.7. The zero-order chi connectivity index (χ0) is 32.8. The molecule has 2 aromatic heterocycles. The highest BCUT2D eigenvalue weighted by Gasteiger charge is 2.21. The molecule has 0 amide bonds. The zero-order valence-electron chi connectivity index (χ0n) is 27.0. The van der Waals surface area contributed by atoms with E-state index >= 15 is 0 Å². The molecule has 11 rings (SSSR count). The van der Waals surface area contributed by atoms with Gasteiger partial charge in [-0.2, -0.15) is 0 Å². The van der Waals surface area contributed by atoms with Crippen molar-refractivity contribution in [1.82, 2.24) is 0 Å². The standard InChI is InChI=1S/C48H28S2/c1-2-13-29(14-3-1)30-15-12-16-31(25-30)46-34-19-4-6-21-36(34)47(37-22-7-5-20-35(37)46)40-27-41-33-18-9-11-24-44(33)50-48(41)42-28-45-39(26-38(40)42)32-17-8-10-23-43(32)49-45/h1-28H. The molecule has 0 radical (unpaired) electrons. The zero-order valence-corrected chi connectivity index (χ0v) is 28.6. The summed E-state index contributed by atoms with van der Waals surface area (Å²) < 4.78 is 5.39. The van der Waals surface area contributed by atoms with Crippen LogP contribution < -0.4 is 0 Å². The van der Waals surface area contributed by atoms with E-state index in [1.165, 1.54) is 106 Å². The van der Waals surface area contributed by atoms with Gasteiger partial charge in [0.25, 0.3) is 0 Å². The lowest BCUT2D eigenvalue weighted by Crippen LogP contribution is -1.92. The molecule has 9 aromatic carbocycles. The van der Waals surface area contributed by atoms with Gasteiger partial charge in [0.15, 0.2) is 0 Å². The molecule has 50 heavy (non-hydrogen) atoms. The molecule has 0 aliphatic rings. The van der Waals surface area contributed by atoms with Crippen LogP contribution in [-0.4, -0.2) is 0 Å². The van der Waals surface area contributed by atoms with Gasteiger partial charge in [-0.3, -0.25) is 0 Å². The summed E-state index contributed by atoms with van der Waals surface area (Å²) in [5.74, 6) is 0. The lowest BCUT2D eigenvalue weighted by atomic mass is 9.83. The summed E-state index contributed by atoms with van der Waals surface area (Å²) in [5, 5.41) is 13.1. The van der Waals surface area contributed by atoms with Crippen molar-refractivity contribution >= 4 is 95.3 Å². The maximum absolute atomic E-state index is 2.50. The van der Waals surface area contributed by atoms with Gasteiger partial charge < -0.3 is 0 Å². The molecule has 0 saturated carbocycles. The maximum atomic E-state index is 2.50. The fourth-order valence-corrected chi connectivity index (χ4v) is 10.6. The van der Waals surface area contributed by atoms with Crippen LogP contribution in [0.25, 0.3) is 106 Å². The van der Waals surface area contributed by atoms with E-state index < -0.39 is 0 Å². The van der Waals surface area contributed by atoms with Gasteiger partial charge in [-0.25, -0.2) is 0 Å². The molecule has 0 fully saturated rings. The van der Waals surface area contributed by atoms with Crippen molar-refractivity contribution in [2.45, 2.75) is 0 Å². The molecule has 2 heteroatoms. The van der Waals surface area contributed by atoms with Gasteiger partial charge >= 0.3 is 0 Å². The second-order valence-corrected chi connectivity index (χ2v) is 15.3. The van der Waals surface area contributed by atoms with E-state index in [0.29, 0.717) is 0 Å². The van der Waals surface area contributed by atoms with Crippen LogP contribution in [0, 0.1) is 0 Å². The van der Waals surface area contributed by atoms with E-state index in [4.69, 9.17) is 0 Å². The summed E-state index contributed by atoms with van der Waals surface area (Å²) in [7, 11) is 0. The highest BCUT2D eigenvalue weighted by Crippen LogP contribution is 2.50. The van der Waals surface area contributed by atoms with Crippen LogP contribution in [0.5, 0.6) is 0 Å². The minimum absolute atomic E-state index is 1.23. The smallest absolute Gasteiger partial charge is 0.0434 e. The highest BCUT2D eigenvalue weighted by molar-refractivity contribution is 7.27. The second-order valence-electron chi connectivity index (χ2n) is 13.2. The molecule has 0 spiro atoms. The van der Waals surface area contributed by atoms with Gasteiger partial charge in [0.1, 0.15) is 0 Å². The fourth-order valence-electron chi connectivity index (χ4n) is 8.23. The first-order chi connectivity index (χ1) is 24.8. The van der Waals surface area contributed by atoms with Crippen LogP contribution >= 0.6 is 22.7 Å². The Hall–Kier alpha value is -5.80. The third-order valence-electron chi connectivity index (χ3n) is 10.4. The van der Waals surface area contributed by atoms with Crippen LogP contribution in [0.2, 0.25) is 0 Å². The molecule has 0 bridgehead atoms. The van der Waals surface area contributed by atoms with E-state index in [0.717, 1.165) is 0 Å². The average molecular weight is 669 g/mol. The van der Waals surface area contributed by atoms with Crippen molar-refractivity contribution in [2.75, 3.05) is 0 Å². The summed E-state index contributed by atoms with van der Waals surface area (Å²) >= 11 is 3.82. The molecule has 0 atom stereocenters. The molecule has 232 valence electrons. The normalized spacial score (nSPS) is 12.0. The molecule has 11 aromatic rings. The fraction of sp³-hybridized carbons (Fsp3) is 0. The third kappa shape index (κ3) is 4.10. The van der Waals surface area contributed by atoms with Crippen molar-refractivity contribution in [1.29, 1.82) is 0 Å². The quantitative estimate of drug-likeness (QED) is 0.164. The van der Waals surface area contributed by atoms with Gasteiger partial charge in [0, 0.05) is 45.7 Å². The van der Waals surface area contributed by atoms with E-state index in [1.54, 1.807) is 0 Å². The summed E-state index contributed by atoms with van der Waals surface area (Å²) in [5.41, 5.74) is 7.59. The summed E-state index contributed by atoms with van der Waals surface area (Å²) in [4.78, 5) is 0. The number of hydrogen-bond donors (Lipinski definition) is 0. The SMILES string of the molecule is c1ccc(-c2cccc(-c3c4ccccc4c(-c4cc5c6ccccc6sc5c5cc6sc7ccccc7c6cc45)c4ccccc34)c2)cc1. The largest absolute Gasteiger partial charge is 0.135 e. The Morgan fingerprint density at radius 2 is 0.780 bits per heavy atom. The Morgan fingerprint density at radius 3 is 1.48 bits per heavy atom. The monoisotopic (exact) mass is 668 g/mol. The number of hydrogen-bond acceptors (Lipinski definition) is 2. The predicted octanol–water partition coefficient (Wildman–Crippen LogP) is 14.9. The van der Waals surface area contributed by atoms with Crippen molar-refractivity contribution in [3.8, 4) is 33.4 Å². The Labute approximate surface area is 297 Å². The lowest BCUT2D eigenvalue weighted by Gasteiger charge is -2.19. The Bertz CT molecular complexity index is 3080. The minimum Gasteiger partial charge on any atom is -0.135 e. The van der Waals surface area contributed by atoms with Crippen molar-refractivity contribution < 1.29 is 0 Å². The van der Waals surface area contributed by atoms with Gasteiger partial charge in [-0.15, -0.1) is 22.7 Å². The van der Waals surface area contributed by atoms with Crippen LogP contribution in [0.4, 0.5) is 0 Å². The topological polar surface area (TPSA) is 0 Å². The van der Waals surface area contributed by atoms with Crippen molar-refractivity contribution in [2.24, 2.45) is 0 Å². The molecule has 0 saturated heterocycles. The van der Waals surface area contributed by atoms with E-state index in [-0.39, 0.29) is 0 Å². The second kappa shape index (κ2) is 10.9. The van der Waals surface area contributed by atoms with Gasteiger partial charge in [-0.1, -0.05) is 133 Å². The van der Waals surface area contributed by atoms with E-state index in [2.05, 4.69) is 170 Å². The summed E-state index contributed by atoms with van der Waals surface area (Å²) in [6.45, 7) is 0. The Morgan fingerprint density at radius 1 is 0.260 bits per heavy atom. The van der Waals surface area contributed by atoms with Crippen molar-refractivity contribution in [3.05, 3.63) is 170 Å². The van der Waals surface area contributed by atoms with Crippen LogP contribution in [-0.2, 0) is 0 Å². The predicted molar refractivity (Wildman–Crippen MR) is 221 cm³/mol. The average Bonchev–Trinajstić information content (AvgIpc) is 3.74. The number of fused-ring (bicyclic) bond motifs is 10. The van der Waals surface area contributed by atoms with Gasteiger partial charge in [0.2, 0.25) is 0 Å². The molecule has 0 N–H and O–H groups in total. The summed E-state index contributed by atoms with van der Waals surface area (Å²) in [6, 6.07) is 63.1.